The third kappa shape index (κ3) is 4.67. The predicted octanol–water partition coefficient (Wildman–Crippen LogP) is 7.68. The molecular weight excluding hydrogens is 440 g/mol. The molecule has 0 radical (unpaired) electrons. The van der Waals surface area contributed by atoms with Crippen molar-refractivity contribution in [2.45, 2.75) is 40.3 Å². The third-order valence-electron chi connectivity index (χ3n) is 6.90. The van der Waals surface area contributed by atoms with E-state index in [0.717, 1.165) is 16.9 Å². The van der Waals surface area contributed by atoms with E-state index in [4.69, 9.17) is 0 Å². The van der Waals surface area contributed by atoms with Crippen LogP contribution < -0.4 is 5.32 Å². The van der Waals surface area contributed by atoms with Crippen molar-refractivity contribution in [3.8, 4) is 22.4 Å². The van der Waals surface area contributed by atoms with Gasteiger partial charge in [0.1, 0.15) is 0 Å². The summed E-state index contributed by atoms with van der Waals surface area (Å²) in [6.45, 7) is 9.51. The molecule has 0 fully saturated rings. The van der Waals surface area contributed by atoms with E-state index in [9.17, 15) is 5.11 Å². The van der Waals surface area contributed by atoms with Crippen molar-refractivity contribution in [1.29, 1.82) is 0 Å². The molecule has 3 heteroatoms. The van der Waals surface area contributed by atoms with Gasteiger partial charge in [-0.2, -0.15) is 0 Å². The maximum Gasteiger partial charge on any atom is 0.0891 e. The van der Waals surface area contributed by atoms with Gasteiger partial charge in [0.2, 0.25) is 0 Å². The largest absolute Gasteiger partial charge is 0.389 e. The van der Waals surface area contributed by atoms with E-state index in [1.165, 1.54) is 44.3 Å². The maximum atomic E-state index is 11.3. The van der Waals surface area contributed by atoms with Gasteiger partial charge in [-0.1, -0.05) is 90.0 Å². The second kappa shape index (κ2) is 10.0. The summed E-state index contributed by atoms with van der Waals surface area (Å²) < 4.78 is 2.33. The number of aliphatic hydroxyl groups excluding tert-OH is 1. The highest BCUT2D eigenvalue weighted by molar-refractivity contribution is 6.06. The van der Waals surface area contributed by atoms with Crippen LogP contribution in [-0.4, -0.2) is 22.3 Å². The van der Waals surface area contributed by atoms with Crippen molar-refractivity contribution in [3.63, 3.8) is 0 Å². The molecule has 36 heavy (non-hydrogen) atoms. The second-order valence-corrected chi connectivity index (χ2v) is 9.90. The molecule has 5 aromatic rings. The average Bonchev–Trinajstić information content (AvgIpc) is 3.18. The quantitative estimate of drug-likeness (QED) is 0.254. The molecule has 182 valence electrons. The molecule has 3 nitrogen and oxygen atoms in total. The maximum absolute atomic E-state index is 11.3. The number of anilines is 1. The lowest BCUT2D eigenvalue weighted by Gasteiger charge is -2.19. The van der Waals surface area contributed by atoms with Crippen LogP contribution in [0.3, 0.4) is 0 Å². The van der Waals surface area contributed by atoms with E-state index in [1.807, 2.05) is 0 Å². The van der Waals surface area contributed by atoms with Gasteiger partial charge in [0, 0.05) is 23.2 Å². The smallest absolute Gasteiger partial charge is 0.0891 e. The first-order chi connectivity index (χ1) is 17.4. The Labute approximate surface area is 214 Å². The van der Waals surface area contributed by atoms with Crippen LogP contribution in [0.4, 0.5) is 5.69 Å². The van der Waals surface area contributed by atoms with Gasteiger partial charge in [-0.05, 0) is 62.1 Å². The van der Waals surface area contributed by atoms with Crippen molar-refractivity contribution in [3.05, 3.63) is 113 Å². The minimum atomic E-state index is -0.562. The van der Waals surface area contributed by atoms with Crippen molar-refractivity contribution in [2.75, 3.05) is 11.9 Å². The fourth-order valence-corrected chi connectivity index (χ4v) is 5.37. The number of nitrogens with one attached hydrogen (secondary N) is 1. The number of benzene rings is 4. The molecule has 0 saturated heterocycles. The van der Waals surface area contributed by atoms with Crippen LogP contribution in [-0.2, 0) is 6.54 Å². The van der Waals surface area contributed by atoms with Gasteiger partial charge >= 0.3 is 0 Å². The Morgan fingerprint density at radius 1 is 0.722 bits per heavy atom. The molecule has 0 spiro atoms. The monoisotopic (exact) mass is 474 g/mol. The Morgan fingerprint density at radius 2 is 1.36 bits per heavy atom. The number of hydrogen-bond acceptors (Lipinski definition) is 2. The Balaban J connectivity index is 1.63. The van der Waals surface area contributed by atoms with Crippen LogP contribution in [0.5, 0.6) is 0 Å². The number of aliphatic hydroxyl groups is 1. The Morgan fingerprint density at radius 3 is 2.03 bits per heavy atom. The highest BCUT2D eigenvalue weighted by Crippen LogP contribution is 2.42. The van der Waals surface area contributed by atoms with Crippen LogP contribution in [0.15, 0.2) is 91.0 Å². The fourth-order valence-electron chi connectivity index (χ4n) is 5.37. The molecule has 0 bridgehead atoms. The van der Waals surface area contributed by atoms with Crippen LogP contribution in [0.1, 0.15) is 22.3 Å². The van der Waals surface area contributed by atoms with Gasteiger partial charge in [-0.15, -0.1) is 0 Å². The van der Waals surface area contributed by atoms with Crippen molar-refractivity contribution >= 4 is 16.6 Å². The lowest BCUT2D eigenvalue weighted by molar-refractivity contribution is 0.169. The summed E-state index contributed by atoms with van der Waals surface area (Å²) in [4.78, 5) is 0. The summed E-state index contributed by atoms with van der Waals surface area (Å²) in [6.07, 6.45) is -0.562. The topological polar surface area (TPSA) is 37.2 Å². The number of hydrogen-bond donors (Lipinski definition) is 2. The minimum Gasteiger partial charge on any atom is -0.389 e. The summed E-state index contributed by atoms with van der Waals surface area (Å²) in [5, 5.41) is 16.0. The van der Waals surface area contributed by atoms with E-state index >= 15 is 0 Å². The van der Waals surface area contributed by atoms with Crippen molar-refractivity contribution in [1.82, 2.24) is 4.57 Å². The SMILES string of the molecule is Cc1ccc(NC[C@@H](O)Cn2c(-c3ccccc3)c(-c3ccccc3)c3cc(C)cc(C)c32)c(C)c1. The van der Waals surface area contributed by atoms with Gasteiger partial charge in [-0.3, -0.25) is 0 Å². The number of fused-ring (bicyclic) bond motifs is 1. The number of nitrogens with zero attached hydrogens (tertiary/aromatic N) is 1. The number of aryl methyl sites for hydroxylation is 4. The van der Waals surface area contributed by atoms with Gasteiger partial charge in [0.15, 0.2) is 0 Å². The first-order valence-electron chi connectivity index (χ1n) is 12.7. The Hall–Kier alpha value is -3.82. The fraction of sp³-hybridized carbons (Fsp3) is 0.212. The Bertz CT molecular complexity index is 1500. The van der Waals surface area contributed by atoms with Crippen molar-refractivity contribution < 1.29 is 5.11 Å². The molecule has 1 atom stereocenters. The standard InChI is InChI=1S/C33H34N2O/c1-22-15-16-30(24(3)17-22)34-20-28(36)21-35-32-25(4)18-23(2)19-29(32)31(26-11-7-5-8-12-26)33(35)27-13-9-6-10-14-27/h5-19,28,34,36H,20-21H2,1-4H3/t28-/m1/s1. The van der Waals surface area contributed by atoms with E-state index in [-0.39, 0.29) is 0 Å². The summed E-state index contributed by atoms with van der Waals surface area (Å²) >= 11 is 0. The summed E-state index contributed by atoms with van der Waals surface area (Å²) in [5.74, 6) is 0. The summed E-state index contributed by atoms with van der Waals surface area (Å²) in [7, 11) is 0. The summed E-state index contributed by atoms with van der Waals surface area (Å²) in [6, 6.07) is 32.1. The zero-order valence-corrected chi connectivity index (χ0v) is 21.5. The van der Waals surface area contributed by atoms with Crippen molar-refractivity contribution in [2.24, 2.45) is 0 Å². The number of aromatic nitrogens is 1. The van der Waals surface area contributed by atoms with Gasteiger partial charge < -0.3 is 15.0 Å². The van der Waals surface area contributed by atoms with E-state index in [0.29, 0.717) is 13.1 Å². The molecule has 1 heterocycles. The van der Waals surface area contributed by atoms with Crippen LogP contribution in [0, 0.1) is 27.7 Å². The third-order valence-corrected chi connectivity index (χ3v) is 6.90. The molecule has 1 aromatic heterocycles. The Kier molecular flexibility index (Phi) is 6.67. The second-order valence-electron chi connectivity index (χ2n) is 9.90. The highest BCUT2D eigenvalue weighted by atomic mass is 16.3. The van der Waals surface area contributed by atoms with Gasteiger partial charge in [0.25, 0.3) is 0 Å². The predicted molar refractivity (Wildman–Crippen MR) is 153 cm³/mol. The van der Waals surface area contributed by atoms with Crippen LogP contribution in [0.2, 0.25) is 0 Å². The molecular formula is C33H34N2O. The average molecular weight is 475 g/mol. The molecule has 2 N–H and O–H groups in total. The zero-order chi connectivity index (χ0) is 25.2. The number of rotatable bonds is 7. The van der Waals surface area contributed by atoms with E-state index < -0.39 is 6.10 Å². The first-order valence-corrected chi connectivity index (χ1v) is 12.7. The molecule has 0 aliphatic heterocycles. The van der Waals surface area contributed by atoms with Crippen LogP contribution in [0.25, 0.3) is 33.3 Å². The van der Waals surface area contributed by atoms with E-state index in [1.54, 1.807) is 0 Å². The first kappa shape index (κ1) is 23.9. The van der Waals surface area contributed by atoms with Gasteiger partial charge in [0.05, 0.1) is 23.9 Å². The zero-order valence-electron chi connectivity index (χ0n) is 21.5. The molecule has 5 rings (SSSR count). The lowest BCUT2D eigenvalue weighted by Crippen LogP contribution is -2.25. The lowest BCUT2D eigenvalue weighted by atomic mass is 9.97. The van der Waals surface area contributed by atoms with Gasteiger partial charge in [-0.25, -0.2) is 0 Å². The normalized spacial score (nSPS) is 12.1. The molecule has 4 aromatic carbocycles. The van der Waals surface area contributed by atoms with E-state index in [2.05, 4.69) is 129 Å². The molecule has 0 aliphatic rings. The molecule has 0 amide bonds. The summed E-state index contributed by atoms with van der Waals surface area (Å²) in [5.41, 5.74) is 11.9. The molecule has 0 unspecified atom stereocenters. The molecule has 0 aliphatic carbocycles. The van der Waals surface area contributed by atoms with Crippen LogP contribution >= 0.6 is 0 Å². The highest BCUT2D eigenvalue weighted by Gasteiger charge is 2.23. The minimum absolute atomic E-state index is 0.476. The molecule has 0 saturated carbocycles.